The van der Waals surface area contributed by atoms with E-state index >= 15 is 0 Å². The van der Waals surface area contributed by atoms with E-state index in [1.807, 2.05) is 31.2 Å². The van der Waals surface area contributed by atoms with Crippen molar-refractivity contribution >= 4 is 16.8 Å². The van der Waals surface area contributed by atoms with Gasteiger partial charge in [-0.25, -0.2) is 4.39 Å². The molecule has 0 spiro atoms. The number of furan rings is 1. The molecule has 0 radical (unpaired) electrons. The number of benzene rings is 2. The molecule has 3 aromatic rings. The summed E-state index contributed by atoms with van der Waals surface area (Å²) in [5.41, 5.74) is 1.20. The third-order valence-electron chi connectivity index (χ3n) is 3.34. The van der Waals surface area contributed by atoms with Crippen molar-refractivity contribution < 1.29 is 13.6 Å². The summed E-state index contributed by atoms with van der Waals surface area (Å²) in [6.07, 6.45) is 0.588. The zero-order chi connectivity index (χ0) is 14.1. The van der Waals surface area contributed by atoms with Crippen LogP contribution < -0.4 is 0 Å². The Morgan fingerprint density at radius 1 is 1.10 bits per heavy atom. The zero-order valence-electron chi connectivity index (χ0n) is 11.0. The van der Waals surface area contributed by atoms with Crippen molar-refractivity contribution in [3.8, 4) is 0 Å². The smallest absolute Gasteiger partial charge is 0.200 e. The SMILES string of the molecule is CCc1oc2ccccc2c1C(=O)c1ccccc1F. The fourth-order valence-corrected chi connectivity index (χ4v) is 2.37. The molecule has 20 heavy (non-hydrogen) atoms. The first-order chi connectivity index (χ1) is 9.72. The maximum atomic E-state index is 13.8. The number of fused-ring (bicyclic) bond motifs is 1. The molecular weight excluding hydrogens is 255 g/mol. The van der Waals surface area contributed by atoms with E-state index in [9.17, 15) is 9.18 Å². The number of para-hydroxylation sites is 1. The van der Waals surface area contributed by atoms with Crippen LogP contribution in [0.25, 0.3) is 11.0 Å². The Kier molecular flexibility index (Phi) is 3.11. The molecule has 1 heterocycles. The molecule has 3 heteroatoms. The number of aryl methyl sites for hydroxylation is 1. The van der Waals surface area contributed by atoms with E-state index in [4.69, 9.17) is 4.42 Å². The summed E-state index contributed by atoms with van der Waals surface area (Å²) in [4.78, 5) is 12.6. The third-order valence-corrected chi connectivity index (χ3v) is 3.34. The Hall–Kier alpha value is -2.42. The average molecular weight is 268 g/mol. The molecule has 0 fully saturated rings. The van der Waals surface area contributed by atoms with Crippen LogP contribution in [0.2, 0.25) is 0 Å². The molecule has 0 N–H and O–H groups in total. The van der Waals surface area contributed by atoms with Gasteiger partial charge in [0.25, 0.3) is 0 Å². The van der Waals surface area contributed by atoms with Gasteiger partial charge in [-0.05, 0) is 18.2 Å². The lowest BCUT2D eigenvalue weighted by atomic mass is 9.99. The molecule has 0 aliphatic rings. The maximum Gasteiger partial charge on any atom is 0.200 e. The Morgan fingerprint density at radius 2 is 1.80 bits per heavy atom. The standard InChI is InChI=1S/C17H13FO2/c1-2-14-16(12-8-4-6-10-15(12)20-14)17(19)11-7-3-5-9-13(11)18/h3-10H,2H2,1H3. The normalized spacial score (nSPS) is 10.9. The first-order valence-corrected chi connectivity index (χ1v) is 6.52. The summed E-state index contributed by atoms with van der Waals surface area (Å²) in [6, 6.07) is 13.3. The molecule has 0 saturated heterocycles. The lowest BCUT2D eigenvalue weighted by molar-refractivity contribution is 0.103. The number of rotatable bonds is 3. The molecule has 2 nitrogen and oxygen atoms in total. The van der Waals surface area contributed by atoms with Crippen LogP contribution in [-0.2, 0) is 6.42 Å². The molecular formula is C17H13FO2. The predicted molar refractivity (Wildman–Crippen MR) is 75.4 cm³/mol. The molecule has 0 unspecified atom stereocenters. The van der Waals surface area contributed by atoms with Gasteiger partial charge in [-0.2, -0.15) is 0 Å². The predicted octanol–water partition coefficient (Wildman–Crippen LogP) is 4.37. The first-order valence-electron chi connectivity index (χ1n) is 6.52. The van der Waals surface area contributed by atoms with Gasteiger partial charge in [-0.1, -0.05) is 37.3 Å². The van der Waals surface area contributed by atoms with Gasteiger partial charge in [0.2, 0.25) is 0 Å². The van der Waals surface area contributed by atoms with Crippen molar-refractivity contribution in [2.45, 2.75) is 13.3 Å². The molecule has 0 aliphatic heterocycles. The monoisotopic (exact) mass is 268 g/mol. The van der Waals surface area contributed by atoms with E-state index < -0.39 is 5.82 Å². The van der Waals surface area contributed by atoms with E-state index in [1.165, 1.54) is 12.1 Å². The lowest BCUT2D eigenvalue weighted by Gasteiger charge is -2.02. The molecule has 0 bridgehead atoms. The summed E-state index contributed by atoms with van der Waals surface area (Å²) in [6.45, 7) is 1.91. The summed E-state index contributed by atoms with van der Waals surface area (Å²) in [5.74, 6) is -0.241. The van der Waals surface area contributed by atoms with Crippen molar-refractivity contribution in [1.29, 1.82) is 0 Å². The number of halogens is 1. The zero-order valence-corrected chi connectivity index (χ0v) is 11.0. The van der Waals surface area contributed by atoms with Gasteiger partial charge in [0.15, 0.2) is 5.78 Å². The molecule has 0 saturated carbocycles. The highest BCUT2D eigenvalue weighted by Crippen LogP contribution is 2.29. The van der Waals surface area contributed by atoms with Crippen molar-refractivity contribution in [2.75, 3.05) is 0 Å². The number of hydrogen-bond acceptors (Lipinski definition) is 2. The van der Waals surface area contributed by atoms with Gasteiger partial charge in [-0.3, -0.25) is 4.79 Å². The summed E-state index contributed by atoms with van der Waals surface area (Å²) >= 11 is 0. The Morgan fingerprint density at radius 3 is 2.55 bits per heavy atom. The van der Waals surface area contributed by atoms with E-state index in [-0.39, 0.29) is 11.3 Å². The number of carbonyl (C=O) groups excluding carboxylic acids is 1. The van der Waals surface area contributed by atoms with Gasteiger partial charge in [-0.15, -0.1) is 0 Å². The highest BCUT2D eigenvalue weighted by Gasteiger charge is 2.22. The summed E-state index contributed by atoms with van der Waals surface area (Å²) < 4.78 is 19.5. The largest absolute Gasteiger partial charge is 0.460 e. The van der Waals surface area contributed by atoms with Crippen molar-refractivity contribution in [2.24, 2.45) is 0 Å². The second kappa shape index (κ2) is 4.93. The first kappa shape index (κ1) is 12.6. The Balaban J connectivity index is 2.24. The summed E-state index contributed by atoms with van der Waals surface area (Å²) in [7, 11) is 0. The highest BCUT2D eigenvalue weighted by atomic mass is 19.1. The quantitative estimate of drug-likeness (QED) is 0.660. The van der Waals surface area contributed by atoms with Crippen molar-refractivity contribution in [3.05, 3.63) is 71.2 Å². The van der Waals surface area contributed by atoms with Crippen LogP contribution in [0.3, 0.4) is 0 Å². The molecule has 0 aliphatic carbocycles. The molecule has 0 atom stereocenters. The van der Waals surface area contributed by atoms with E-state index in [0.29, 0.717) is 23.3 Å². The van der Waals surface area contributed by atoms with Crippen LogP contribution in [0.15, 0.2) is 52.9 Å². The number of ketones is 1. The van der Waals surface area contributed by atoms with Gasteiger partial charge >= 0.3 is 0 Å². The van der Waals surface area contributed by atoms with Gasteiger partial charge in [0.1, 0.15) is 17.2 Å². The molecule has 1 aromatic heterocycles. The van der Waals surface area contributed by atoms with Crippen LogP contribution in [0.1, 0.15) is 28.6 Å². The van der Waals surface area contributed by atoms with E-state index in [2.05, 4.69) is 0 Å². The highest BCUT2D eigenvalue weighted by molar-refractivity contribution is 6.16. The second-order valence-corrected chi connectivity index (χ2v) is 4.56. The topological polar surface area (TPSA) is 30.2 Å². The lowest BCUT2D eigenvalue weighted by Crippen LogP contribution is -2.05. The van der Waals surface area contributed by atoms with E-state index in [0.717, 1.165) is 5.39 Å². The van der Waals surface area contributed by atoms with Crippen LogP contribution in [0, 0.1) is 5.82 Å². The fraction of sp³-hybridized carbons (Fsp3) is 0.118. The van der Waals surface area contributed by atoms with Crippen molar-refractivity contribution in [1.82, 2.24) is 0 Å². The average Bonchev–Trinajstić information content (AvgIpc) is 2.85. The van der Waals surface area contributed by atoms with Crippen molar-refractivity contribution in [3.63, 3.8) is 0 Å². The van der Waals surface area contributed by atoms with Crippen LogP contribution >= 0.6 is 0 Å². The van der Waals surface area contributed by atoms with Gasteiger partial charge in [0.05, 0.1) is 11.1 Å². The van der Waals surface area contributed by atoms with Gasteiger partial charge in [0, 0.05) is 11.8 Å². The Bertz CT molecular complexity index is 787. The maximum absolute atomic E-state index is 13.8. The minimum Gasteiger partial charge on any atom is -0.460 e. The second-order valence-electron chi connectivity index (χ2n) is 4.56. The van der Waals surface area contributed by atoms with E-state index in [1.54, 1.807) is 12.1 Å². The minimum absolute atomic E-state index is 0.0775. The van der Waals surface area contributed by atoms with Crippen LogP contribution in [-0.4, -0.2) is 5.78 Å². The van der Waals surface area contributed by atoms with Gasteiger partial charge < -0.3 is 4.42 Å². The summed E-state index contributed by atoms with van der Waals surface area (Å²) in [5, 5.41) is 0.734. The number of hydrogen-bond donors (Lipinski definition) is 0. The van der Waals surface area contributed by atoms with Crippen LogP contribution in [0.4, 0.5) is 4.39 Å². The number of carbonyl (C=O) groups is 1. The molecule has 0 amide bonds. The Labute approximate surface area is 115 Å². The molecule has 2 aromatic carbocycles. The molecule has 3 rings (SSSR count). The molecule has 100 valence electrons. The third kappa shape index (κ3) is 1.92. The van der Waals surface area contributed by atoms with Crippen LogP contribution in [0.5, 0.6) is 0 Å². The fourth-order valence-electron chi connectivity index (χ4n) is 2.37. The minimum atomic E-state index is -0.509.